The molecule has 0 amide bonds. The van der Waals surface area contributed by atoms with Crippen LogP contribution in [0.15, 0.2) is 54.6 Å². The van der Waals surface area contributed by atoms with E-state index in [1.807, 2.05) is 18.2 Å². The molecule has 10 heteroatoms. The number of ketones is 1. The number of anilines is 1. The number of esters is 1. The van der Waals surface area contributed by atoms with Crippen LogP contribution in [-0.2, 0) is 33.2 Å². The smallest absolute Gasteiger partial charge is 0.379 e. The Balaban J connectivity index is 1.27. The van der Waals surface area contributed by atoms with Gasteiger partial charge in [0.05, 0.1) is 71.8 Å². The van der Waals surface area contributed by atoms with Gasteiger partial charge < -0.3 is 38.9 Å². The van der Waals surface area contributed by atoms with E-state index in [4.69, 9.17) is 38.9 Å². The topological polar surface area (TPSA) is 125 Å². The zero-order valence-corrected chi connectivity index (χ0v) is 20.4. The summed E-state index contributed by atoms with van der Waals surface area (Å²) >= 11 is 0. The lowest BCUT2D eigenvalue weighted by atomic mass is 10.1. The highest BCUT2D eigenvalue weighted by molar-refractivity contribution is 6.40. The summed E-state index contributed by atoms with van der Waals surface area (Å²) in [5.74, 6) is -0.912. The molecule has 0 radical (unpaired) electrons. The van der Waals surface area contributed by atoms with Crippen LogP contribution in [0.5, 0.6) is 5.75 Å². The maximum Gasteiger partial charge on any atom is 0.379 e. The third-order valence-electron chi connectivity index (χ3n) is 4.57. The van der Waals surface area contributed by atoms with Crippen molar-refractivity contribution in [3.05, 3.63) is 60.2 Å². The van der Waals surface area contributed by atoms with Gasteiger partial charge in [0.1, 0.15) is 19.0 Å². The van der Waals surface area contributed by atoms with Crippen molar-refractivity contribution in [2.75, 3.05) is 85.0 Å². The predicted molar refractivity (Wildman–Crippen MR) is 132 cm³/mol. The number of ether oxygens (including phenoxy) is 7. The highest BCUT2D eigenvalue weighted by Gasteiger charge is 2.17. The Hall–Kier alpha value is -3.02. The molecule has 0 spiro atoms. The van der Waals surface area contributed by atoms with E-state index in [2.05, 4.69) is 0 Å². The number of hydrogen-bond acceptors (Lipinski definition) is 10. The first-order valence-electron chi connectivity index (χ1n) is 11.8. The molecule has 0 saturated carbocycles. The molecular formula is C26H35NO9. The van der Waals surface area contributed by atoms with E-state index >= 15 is 0 Å². The second kappa shape index (κ2) is 19.2. The van der Waals surface area contributed by atoms with Gasteiger partial charge in [-0.2, -0.15) is 0 Å². The molecule has 2 rings (SSSR count). The summed E-state index contributed by atoms with van der Waals surface area (Å²) in [5, 5.41) is 0. The molecule has 0 fully saturated rings. The minimum atomic E-state index is -0.894. The number of hydrogen-bond donors (Lipinski definition) is 1. The van der Waals surface area contributed by atoms with Gasteiger partial charge in [-0.1, -0.05) is 42.5 Å². The maximum atomic E-state index is 11.8. The summed E-state index contributed by atoms with van der Waals surface area (Å²) in [6.45, 7) is 4.53. The average Bonchev–Trinajstić information content (AvgIpc) is 2.90. The van der Waals surface area contributed by atoms with E-state index in [1.54, 1.807) is 36.4 Å². The Morgan fingerprint density at radius 2 is 1.00 bits per heavy atom. The highest BCUT2D eigenvalue weighted by atomic mass is 16.6. The SMILES string of the molecule is Nc1ccccc1OCCOCCOCCOCCOCCOCCOC(=O)C(=O)c1ccccc1. The number of Topliss-reactive ketones (excluding diaryl/α,β-unsaturated/α-hetero) is 1. The summed E-state index contributed by atoms with van der Waals surface area (Å²) in [4.78, 5) is 23.5. The van der Waals surface area contributed by atoms with Crippen molar-refractivity contribution >= 4 is 17.4 Å². The van der Waals surface area contributed by atoms with Crippen molar-refractivity contribution in [2.24, 2.45) is 0 Å². The second-order valence-electron chi connectivity index (χ2n) is 7.28. The maximum absolute atomic E-state index is 11.8. The van der Waals surface area contributed by atoms with Gasteiger partial charge in [-0.15, -0.1) is 0 Å². The first-order chi connectivity index (χ1) is 17.7. The van der Waals surface area contributed by atoms with E-state index in [9.17, 15) is 9.59 Å². The molecule has 10 nitrogen and oxygen atoms in total. The molecule has 0 unspecified atom stereocenters. The van der Waals surface area contributed by atoms with Gasteiger partial charge in [-0.05, 0) is 12.1 Å². The van der Waals surface area contributed by atoms with Crippen LogP contribution in [0, 0.1) is 0 Å². The number of para-hydroxylation sites is 2. The summed E-state index contributed by atoms with van der Waals surface area (Å²) < 4.78 is 37.4. The Kier molecular flexibility index (Phi) is 15.6. The minimum absolute atomic E-state index is 0.00213. The van der Waals surface area contributed by atoms with E-state index in [1.165, 1.54) is 0 Å². The number of rotatable bonds is 21. The lowest BCUT2D eigenvalue weighted by molar-refractivity contribution is -0.139. The molecule has 2 N–H and O–H groups in total. The van der Waals surface area contributed by atoms with Crippen molar-refractivity contribution in [2.45, 2.75) is 0 Å². The third kappa shape index (κ3) is 13.2. The fourth-order valence-electron chi connectivity index (χ4n) is 2.77. The highest BCUT2D eigenvalue weighted by Crippen LogP contribution is 2.19. The molecule has 0 heterocycles. The third-order valence-corrected chi connectivity index (χ3v) is 4.57. The number of nitrogens with two attached hydrogens (primary N) is 1. The summed E-state index contributed by atoms with van der Waals surface area (Å²) in [5.41, 5.74) is 6.70. The molecule has 0 saturated heterocycles. The van der Waals surface area contributed by atoms with Crippen LogP contribution in [0.2, 0.25) is 0 Å². The zero-order chi connectivity index (χ0) is 25.7. The van der Waals surface area contributed by atoms with Crippen LogP contribution < -0.4 is 10.5 Å². The van der Waals surface area contributed by atoms with Gasteiger partial charge in [-0.25, -0.2) is 4.79 Å². The standard InChI is InChI=1S/C26H35NO9/c27-23-8-4-5-9-24(23)35-20-18-33-16-14-31-12-10-30-11-13-32-15-17-34-19-21-36-26(29)25(28)22-6-2-1-3-7-22/h1-9H,10-21,27H2. The fraction of sp³-hybridized carbons (Fsp3) is 0.462. The summed E-state index contributed by atoms with van der Waals surface area (Å²) in [6.07, 6.45) is 0. The fourth-order valence-corrected chi connectivity index (χ4v) is 2.77. The van der Waals surface area contributed by atoms with E-state index in [0.717, 1.165) is 0 Å². The van der Waals surface area contributed by atoms with Crippen molar-refractivity contribution in [3.63, 3.8) is 0 Å². The summed E-state index contributed by atoms with van der Waals surface area (Å²) in [6, 6.07) is 15.6. The Morgan fingerprint density at radius 1 is 0.556 bits per heavy atom. The van der Waals surface area contributed by atoms with Gasteiger partial charge >= 0.3 is 5.97 Å². The predicted octanol–water partition coefficient (Wildman–Crippen LogP) is 2.16. The van der Waals surface area contributed by atoms with Crippen LogP contribution in [-0.4, -0.2) is 91.0 Å². The molecule has 0 atom stereocenters. The molecule has 2 aromatic rings. The van der Waals surface area contributed by atoms with Gasteiger partial charge in [0.15, 0.2) is 0 Å². The molecule has 0 bridgehead atoms. The Bertz CT molecular complexity index is 864. The number of benzene rings is 2. The minimum Gasteiger partial charge on any atom is -0.489 e. The van der Waals surface area contributed by atoms with Gasteiger partial charge in [-0.3, -0.25) is 4.79 Å². The molecular weight excluding hydrogens is 470 g/mol. The number of nitrogen functional groups attached to an aromatic ring is 1. The van der Waals surface area contributed by atoms with E-state index in [0.29, 0.717) is 83.1 Å². The largest absolute Gasteiger partial charge is 0.489 e. The normalized spacial score (nSPS) is 10.8. The Labute approximate surface area is 211 Å². The molecule has 0 aliphatic carbocycles. The second-order valence-corrected chi connectivity index (χ2v) is 7.28. The van der Waals surface area contributed by atoms with Crippen LogP contribution in [0.3, 0.4) is 0 Å². The van der Waals surface area contributed by atoms with Gasteiger partial charge in [0.25, 0.3) is 5.78 Å². The van der Waals surface area contributed by atoms with Crippen LogP contribution in [0.25, 0.3) is 0 Å². The monoisotopic (exact) mass is 505 g/mol. The van der Waals surface area contributed by atoms with Gasteiger partial charge in [0, 0.05) is 5.56 Å². The lowest BCUT2D eigenvalue weighted by Gasteiger charge is -2.09. The van der Waals surface area contributed by atoms with Crippen molar-refractivity contribution < 1.29 is 42.7 Å². The van der Waals surface area contributed by atoms with Crippen molar-refractivity contribution in [1.82, 2.24) is 0 Å². The molecule has 36 heavy (non-hydrogen) atoms. The number of carbonyl (C=O) groups is 2. The van der Waals surface area contributed by atoms with E-state index < -0.39 is 11.8 Å². The van der Waals surface area contributed by atoms with E-state index in [-0.39, 0.29) is 13.2 Å². The molecule has 0 aliphatic rings. The lowest BCUT2D eigenvalue weighted by Crippen LogP contribution is -2.20. The first kappa shape index (κ1) is 29.2. The zero-order valence-electron chi connectivity index (χ0n) is 20.4. The van der Waals surface area contributed by atoms with Crippen LogP contribution in [0.4, 0.5) is 5.69 Å². The number of carbonyl (C=O) groups excluding carboxylic acids is 2. The van der Waals surface area contributed by atoms with Crippen molar-refractivity contribution in [1.29, 1.82) is 0 Å². The molecule has 198 valence electrons. The molecule has 0 aromatic heterocycles. The Morgan fingerprint density at radius 3 is 1.53 bits per heavy atom. The van der Waals surface area contributed by atoms with Crippen LogP contribution in [0.1, 0.15) is 10.4 Å². The quantitative estimate of drug-likeness (QED) is 0.0887. The van der Waals surface area contributed by atoms with Crippen LogP contribution >= 0.6 is 0 Å². The first-order valence-corrected chi connectivity index (χ1v) is 11.8. The molecule has 0 aliphatic heterocycles. The van der Waals surface area contributed by atoms with Gasteiger partial charge in [0.2, 0.25) is 0 Å². The average molecular weight is 506 g/mol. The molecule has 2 aromatic carbocycles. The summed E-state index contributed by atoms with van der Waals surface area (Å²) in [7, 11) is 0. The van der Waals surface area contributed by atoms with Crippen molar-refractivity contribution in [3.8, 4) is 5.75 Å².